The number of nitrogens with zero attached hydrogens (tertiary/aromatic N) is 3. The fourth-order valence-corrected chi connectivity index (χ4v) is 3.84. The molecule has 0 unspecified atom stereocenters. The fraction of sp³-hybridized carbons (Fsp3) is 0.261. The molecule has 0 fully saturated rings. The van der Waals surface area contributed by atoms with E-state index in [-0.39, 0.29) is 11.7 Å². The van der Waals surface area contributed by atoms with E-state index in [1.807, 2.05) is 54.0 Å². The molecule has 0 spiro atoms. The van der Waals surface area contributed by atoms with Crippen molar-refractivity contribution in [2.24, 2.45) is 0 Å². The van der Waals surface area contributed by atoms with Gasteiger partial charge in [0, 0.05) is 25.8 Å². The maximum absolute atomic E-state index is 12.4. The van der Waals surface area contributed by atoms with E-state index in [1.165, 1.54) is 11.8 Å². The van der Waals surface area contributed by atoms with Gasteiger partial charge in [-0.05, 0) is 24.1 Å². The summed E-state index contributed by atoms with van der Waals surface area (Å²) in [6, 6.07) is 16.1. The highest BCUT2D eigenvalue weighted by Crippen LogP contribution is 2.24. The molecule has 0 aliphatic rings. The number of allylic oxidation sites excluding steroid dienone is 1. The van der Waals surface area contributed by atoms with Gasteiger partial charge >= 0.3 is 0 Å². The highest BCUT2D eigenvalue weighted by atomic mass is 32.2. The smallest absolute Gasteiger partial charge is 0.230 e. The number of amides is 1. The van der Waals surface area contributed by atoms with E-state index in [2.05, 4.69) is 28.2 Å². The topological polar surface area (TPSA) is 69.0 Å². The highest BCUT2D eigenvalue weighted by Gasteiger charge is 2.15. The molecule has 1 aromatic heterocycles. The van der Waals surface area contributed by atoms with Crippen molar-refractivity contribution in [3.63, 3.8) is 0 Å². The van der Waals surface area contributed by atoms with Crippen LogP contribution in [0.4, 0.5) is 0 Å². The fourth-order valence-electron chi connectivity index (χ4n) is 3.06. The first-order chi connectivity index (χ1) is 14.6. The summed E-state index contributed by atoms with van der Waals surface area (Å²) in [5, 5.41) is 12.3. The molecule has 0 saturated heterocycles. The number of benzene rings is 2. The first-order valence-corrected chi connectivity index (χ1v) is 10.7. The number of aryl methyl sites for hydroxylation is 1. The predicted molar refractivity (Wildman–Crippen MR) is 120 cm³/mol. The van der Waals surface area contributed by atoms with Gasteiger partial charge in [0.15, 0.2) is 11.0 Å². The first-order valence-electron chi connectivity index (χ1n) is 9.68. The molecule has 0 radical (unpaired) electrons. The summed E-state index contributed by atoms with van der Waals surface area (Å²) in [4.78, 5) is 12.4. The molecule has 1 heterocycles. The third-order valence-electron chi connectivity index (χ3n) is 4.43. The van der Waals surface area contributed by atoms with E-state index in [9.17, 15) is 4.79 Å². The average molecular weight is 423 g/mol. The van der Waals surface area contributed by atoms with E-state index >= 15 is 0 Å². The van der Waals surface area contributed by atoms with Crippen LogP contribution < -0.4 is 5.32 Å². The van der Waals surface area contributed by atoms with Crippen molar-refractivity contribution in [3.8, 4) is 11.4 Å². The summed E-state index contributed by atoms with van der Waals surface area (Å²) in [6.07, 6.45) is 1.81. The van der Waals surface area contributed by atoms with Crippen LogP contribution in [0.1, 0.15) is 16.7 Å². The van der Waals surface area contributed by atoms with Crippen LogP contribution in [0.3, 0.4) is 0 Å². The third-order valence-corrected chi connectivity index (χ3v) is 5.40. The SMILES string of the molecule is C=CCn1c(SCC(=O)NCc2cccc(COC)c2)nnc1-c1cccc(C)c1. The van der Waals surface area contributed by atoms with Gasteiger partial charge in [-0.2, -0.15) is 0 Å². The molecule has 0 bridgehead atoms. The molecular weight excluding hydrogens is 396 g/mol. The van der Waals surface area contributed by atoms with E-state index in [0.29, 0.717) is 24.9 Å². The van der Waals surface area contributed by atoms with E-state index in [1.54, 1.807) is 13.2 Å². The van der Waals surface area contributed by atoms with Gasteiger partial charge in [0.25, 0.3) is 0 Å². The van der Waals surface area contributed by atoms with Gasteiger partial charge in [0.2, 0.25) is 5.91 Å². The largest absolute Gasteiger partial charge is 0.380 e. The minimum absolute atomic E-state index is 0.0533. The summed E-state index contributed by atoms with van der Waals surface area (Å²) >= 11 is 1.37. The molecular formula is C23H26N4O2S. The summed E-state index contributed by atoms with van der Waals surface area (Å²) in [5.74, 6) is 0.986. The lowest BCUT2D eigenvalue weighted by atomic mass is 10.1. The predicted octanol–water partition coefficient (Wildman–Crippen LogP) is 3.99. The van der Waals surface area contributed by atoms with E-state index in [0.717, 1.165) is 28.1 Å². The Hall–Kier alpha value is -2.90. The number of ether oxygens (including phenoxy) is 1. The Balaban J connectivity index is 1.62. The quantitative estimate of drug-likeness (QED) is 0.395. The zero-order chi connectivity index (χ0) is 21.3. The van der Waals surface area contributed by atoms with Crippen LogP contribution in [-0.2, 0) is 29.2 Å². The highest BCUT2D eigenvalue weighted by molar-refractivity contribution is 7.99. The molecule has 3 rings (SSSR count). The molecule has 6 nitrogen and oxygen atoms in total. The van der Waals surface area contributed by atoms with Gasteiger partial charge in [0.05, 0.1) is 12.4 Å². The Labute approximate surface area is 181 Å². The number of carbonyl (C=O) groups excluding carboxylic acids is 1. The first kappa shape index (κ1) is 21.8. The van der Waals surface area contributed by atoms with Crippen LogP contribution in [0.2, 0.25) is 0 Å². The van der Waals surface area contributed by atoms with E-state index in [4.69, 9.17) is 4.74 Å². The van der Waals surface area contributed by atoms with Crippen LogP contribution in [0.25, 0.3) is 11.4 Å². The number of methoxy groups -OCH3 is 1. The van der Waals surface area contributed by atoms with Gasteiger partial charge in [-0.1, -0.05) is 65.9 Å². The van der Waals surface area contributed by atoms with Crippen molar-refractivity contribution < 1.29 is 9.53 Å². The Bertz CT molecular complexity index is 1020. The Morgan fingerprint density at radius 2 is 2.00 bits per heavy atom. The van der Waals surface area contributed by atoms with Gasteiger partial charge in [-0.25, -0.2) is 0 Å². The van der Waals surface area contributed by atoms with Crippen molar-refractivity contribution in [2.75, 3.05) is 12.9 Å². The van der Waals surface area contributed by atoms with E-state index < -0.39 is 0 Å². The minimum Gasteiger partial charge on any atom is -0.380 e. The molecule has 0 aliphatic carbocycles. The zero-order valence-corrected chi connectivity index (χ0v) is 18.1. The molecule has 1 amide bonds. The lowest BCUT2D eigenvalue weighted by Crippen LogP contribution is -2.24. The van der Waals surface area contributed by atoms with Crippen LogP contribution in [0.5, 0.6) is 0 Å². The van der Waals surface area contributed by atoms with Crippen LogP contribution in [0, 0.1) is 6.92 Å². The molecule has 0 aliphatic heterocycles. The second kappa shape index (κ2) is 10.8. The minimum atomic E-state index is -0.0533. The standard InChI is InChI=1S/C23H26N4O2S/c1-4-11-27-22(20-10-5-7-17(2)12-20)25-26-23(27)30-16-21(28)24-14-18-8-6-9-19(13-18)15-29-3/h4-10,12-13H,1,11,14-16H2,2-3H3,(H,24,28). The average Bonchev–Trinajstić information content (AvgIpc) is 3.14. The van der Waals surface area contributed by atoms with Crippen molar-refractivity contribution in [3.05, 3.63) is 77.9 Å². The van der Waals surface area contributed by atoms with Gasteiger partial charge < -0.3 is 10.1 Å². The second-order valence-electron chi connectivity index (χ2n) is 6.89. The molecule has 156 valence electrons. The summed E-state index contributed by atoms with van der Waals surface area (Å²) in [7, 11) is 1.67. The van der Waals surface area contributed by atoms with Crippen molar-refractivity contribution in [1.29, 1.82) is 0 Å². The van der Waals surface area contributed by atoms with Gasteiger partial charge in [-0.15, -0.1) is 16.8 Å². The Morgan fingerprint density at radius 3 is 2.77 bits per heavy atom. The van der Waals surface area contributed by atoms with Crippen molar-refractivity contribution in [1.82, 2.24) is 20.1 Å². The monoisotopic (exact) mass is 422 g/mol. The normalized spacial score (nSPS) is 10.7. The Kier molecular flexibility index (Phi) is 7.82. The zero-order valence-electron chi connectivity index (χ0n) is 17.3. The molecule has 3 aromatic rings. The lowest BCUT2D eigenvalue weighted by molar-refractivity contribution is -0.118. The number of hydrogen-bond donors (Lipinski definition) is 1. The van der Waals surface area contributed by atoms with Crippen LogP contribution >= 0.6 is 11.8 Å². The maximum Gasteiger partial charge on any atom is 0.230 e. The molecule has 30 heavy (non-hydrogen) atoms. The van der Waals surface area contributed by atoms with Crippen molar-refractivity contribution in [2.45, 2.75) is 31.8 Å². The number of hydrogen-bond acceptors (Lipinski definition) is 5. The van der Waals surface area contributed by atoms with Gasteiger partial charge in [0.1, 0.15) is 0 Å². The van der Waals surface area contributed by atoms with Crippen molar-refractivity contribution >= 4 is 17.7 Å². The molecule has 0 atom stereocenters. The summed E-state index contributed by atoms with van der Waals surface area (Å²) in [6.45, 7) is 7.49. The number of thioether (sulfide) groups is 1. The Morgan fingerprint density at radius 1 is 1.20 bits per heavy atom. The lowest BCUT2D eigenvalue weighted by Gasteiger charge is -2.09. The third kappa shape index (κ3) is 5.81. The number of carbonyl (C=O) groups is 1. The number of aromatic nitrogens is 3. The van der Waals surface area contributed by atoms with Crippen LogP contribution in [-0.4, -0.2) is 33.5 Å². The van der Waals surface area contributed by atoms with Crippen LogP contribution in [0.15, 0.2) is 66.3 Å². The second-order valence-corrected chi connectivity index (χ2v) is 7.84. The molecule has 0 saturated carbocycles. The molecule has 1 N–H and O–H groups in total. The molecule has 7 heteroatoms. The summed E-state index contributed by atoms with van der Waals surface area (Å²) < 4.78 is 7.13. The molecule has 2 aromatic carbocycles. The summed E-state index contributed by atoms with van der Waals surface area (Å²) in [5.41, 5.74) is 4.28. The van der Waals surface area contributed by atoms with Gasteiger partial charge in [-0.3, -0.25) is 9.36 Å². The number of nitrogens with one attached hydrogen (secondary N) is 1. The number of rotatable bonds is 10. The maximum atomic E-state index is 12.4.